The molecule has 2 heterocycles. The molecule has 2 aromatic rings. The molecule has 148 valence electrons. The van der Waals surface area contributed by atoms with Crippen molar-refractivity contribution in [2.45, 2.75) is 44.7 Å². The average molecular weight is 421 g/mol. The number of Topliss-reactive ketones (excluding diaryl/α,β-unsaturated/α-hetero) is 1. The van der Waals surface area contributed by atoms with Gasteiger partial charge in [-0.15, -0.1) is 11.3 Å². The lowest BCUT2D eigenvalue weighted by molar-refractivity contribution is 0.104. The fourth-order valence-electron chi connectivity index (χ4n) is 3.67. The molecule has 4 rings (SSSR count). The average Bonchev–Trinajstić information content (AvgIpc) is 3.17. The minimum Gasteiger partial charge on any atom is -0.387 e. The molecule has 0 atom stereocenters. The van der Waals surface area contributed by atoms with Gasteiger partial charge >= 0.3 is 0 Å². The van der Waals surface area contributed by atoms with Crippen LogP contribution in [0.5, 0.6) is 0 Å². The number of carbonyl (C=O) groups is 1. The van der Waals surface area contributed by atoms with Gasteiger partial charge in [0, 0.05) is 12.2 Å². The molecular formula is C20H21FN2O3S2. The Kier molecular flexibility index (Phi) is 5.25. The maximum absolute atomic E-state index is 13.3. The van der Waals surface area contributed by atoms with Gasteiger partial charge in [0.05, 0.1) is 12.2 Å². The third-order valence-electron chi connectivity index (χ3n) is 5.21. The Morgan fingerprint density at radius 1 is 1.14 bits per heavy atom. The number of carbonyl (C=O) groups excluding carboxylic acids is 1. The molecule has 8 heteroatoms. The summed E-state index contributed by atoms with van der Waals surface area (Å²) in [5.41, 5.74) is 1.03. The highest BCUT2D eigenvalue weighted by Crippen LogP contribution is 2.39. The number of anilines is 1. The van der Waals surface area contributed by atoms with Gasteiger partial charge < -0.3 is 5.32 Å². The molecule has 0 saturated heterocycles. The Bertz CT molecular complexity index is 1010. The van der Waals surface area contributed by atoms with E-state index in [0.717, 1.165) is 25.7 Å². The second kappa shape index (κ2) is 7.67. The Hall–Kier alpha value is -2.19. The second-order valence-corrected chi connectivity index (χ2v) is 9.86. The van der Waals surface area contributed by atoms with Crippen molar-refractivity contribution in [1.82, 2.24) is 5.32 Å². The third kappa shape index (κ3) is 3.58. The summed E-state index contributed by atoms with van der Waals surface area (Å²) in [4.78, 5) is 13.0. The van der Waals surface area contributed by atoms with Crippen LogP contribution in [-0.4, -0.2) is 20.2 Å². The first-order valence-electron chi connectivity index (χ1n) is 9.32. The first-order valence-corrected chi connectivity index (χ1v) is 11.6. The van der Waals surface area contributed by atoms with E-state index in [1.165, 1.54) is 40.4 Å². The molecule has 0 unspecified atom stereocenters. The van der Waals surface area contributed by atoms with E-state index >= 15 is 0 Å². The van der Waals surface area contributed by atoms with E-state index in [2.05, 4.69) is 5.32 Å². The van der Waals surface area contributed by atoms with E-state index in [9.17, 15) is 17.6 Å². The predicted octanol–water partition coefficient (Wildman–Crippen LogP) is 4.18. The zero-order valence-electron chi connectivity index (χ0n) is 15.2. The largest absolute Gasteiger partial charge is 0.387 e. The summed E-state index contributed by atoms with van der Waals surface area (Å²) in [6.45, 7) is 0.0421. The van der Waals surface area contributed by atoms with Crippen LogP contribution in [0.1, 0.15) is 47.3 Å². The lowest BCUT2D eigenvalue weighted by Crippen LogP contribution is -2.39. The summed E-state index contributed by atoms with van der Waals surface area (Å²) >= 11 is 1.23. The lowest BCUT2D eigenvalue weighted by Gasteiger charge is -2.30. The van der Waals surface area contributed by atoms with E-state index in [1.54, 1.807) is 23.6 Å². The number of allylic oxidation sites excluding steroid dienone is 1. The highest BCUT2D eigenvalue weighted by atomic mass is 32.2. The molecule has 0 bridgehead atoms. The van der Waals surface area contributed by atoms with Gasteiger partial charge in [-0.3, -0.25) is 9.10 Å². The molecule has 28 heavy (non-hydrogen) atoms. The normalized spacial score (nSPS) is 21.0. The number of fused-ring (bicyclic) bond motifs is 1. The zero-order chi connectivity index (χ0) is 19.7. The molecule has 5 nitrogen and oxygen atoms in total. The van der Waals surface area contributed by atoms with Gasteiger partial charge in [-0.1, -0.05) is 31.4 Å². The van der Waals surface area contributed by atoms with Crippen LogP contribution in [-0.2, 0) is 16.6 Å². The highest BCUT2D eigenvalue weighted by Gasteiger charge is 2.41. The summed E-state index contributed by atoms with van der Waals surface area (Å²) in [6.07, 6.45) is 6.73. The molecule has 0 amide bonds. The molecule has 1 aromatic heterocycles. The van der Waals surface area contributed by atoms with Crippen LogP contribution in [0.4, 0.5) is 10.1 Å². The molecule has 1 fully saturated rings. The number of nitrogens with zero attached hydrogens (tertiary/aromatic N) is 1. The van der Waals surface area contributed by atoms with Crippen LogP contribution in [0.3, 0.4) is 0 Å². The molecule has 1 aromatic carbocycles. The second-order valence-electron chi connectivity index (χ2n) is 7.11. The van der Waals surface area contributed by atoms with Crippen LogP contribution in [0, 0.1) is 5.82 Å². The van der Waals surface area contributed by atoms with Crippen molar-refractivity contribution in [3.63, 3.8) is 0 Å². The molecule has 1 saturated carbocycles. The topological polar surface area (TPSA) is 66.5 Å². The summed E-state index contributed by atoms with van der Waals surface area (Å²) < 4.78 is 41.0. The monoisotopic (exact) mass is 420 g/mol. The van der Waals surface area contributed by atoms with E-state index in [0.29, 0.717) is 16.1 Å². The van der Waals surface area contributed by atoms with Gasteiger partial charge in [-0.2, -0.15) is 0 Å². The number of rotatable bonds is 4. The van der Waals surface area contributed by atoms with Crippen LogP contribution in [0.25, 0.3) is 0 Å². The van der Waals surface area contributed by atoms with Crippen molar-refractivity contribution in [2.24, 2.45) is 0 Å². The first-order chi connectivity index (χ1) is 13.5. The predicted molar refractivity (Wildman–Crippen MR) is 108 cm³/mol. The van der Waals surface area contributed by atoms with Gasteiger partial charge in [-0.25, -0.2) is 12.8 Å². The zero-order valence-corrected chi connectivity index (χ0v) is 16.9. The maximum Gasteiger partial charge on any atom is 0.270 e. The molecule has 1 aliphatic heterocycles. The Morgan fingerprint density at radius 2 is 1.86 bits per heavy atom. The van der Waals surface area contributed by atoms with Crippen molar-refractivity contribution in [3.05, 3.63) is 63.1 Å². The number of ketones is 1. The summed E-state index contributed by atoms with van der Waals surface area (Å²) in [6, 6.07) is 7.54. The van der Waals surface area contributed by atoms with Crippen molar-refractivity contribution in [1.29, 1.82) is 0 Å². The van der Waals surface area contributed by atoms with Gasteiger partial charge in [0.2, 0.25) is 5.78 Å². The Balaban J connectivity index is 1.68. The van der Waals surface area contributed by atoms with Crippen molar-refractivity contribution < 1.29 is 17.6 Å². The fourth-order valence-corrected chi connectivity index (χ4v) is 6.17. The minimum atomic E-state index is -4.01. The first kappa shape index (κ1) is 19.1. The fraction of sp³-hybridized carbons (Fsp3) is 0.350. The van der Waals surface area contributed by atoms with Crippen LogP contribution in [0.15, 0.2) is 46.8 Å². The van der Waals surface area contributed by atoms with E-state index in [1.807, 2.05) is 0 Å². The van der Waals surface area contributed by atoms with E-state index in [-0.39, 0.29) is 23.3 Å². The van der Waals surface area contributed by atoms with Gasteiger partial charge in [-0.05, 0) is 42.0 Å². The Labute approximate surface area is 167 Å². The number of nitrogens with one attached hydrogen (secondary N) is 1. The quantitative estimate of drug-likeness (QED) is 0.754. The number of benzene rings is 1. The smallest absolute Gasteiger partial charge is 0.270 e. The highest BCUT2D eigenvalue weighted by molar-refractivity contribution is 7.97. The molecule has 0 radical (unpaired) electrons. The summed E-state index contributed by atoms with van der Waals surface area (Å²) in [5.74, 6) is -0.849. The molecule has 0 spiro atoms. The lowest BCUT2D eigenvalue weighted by atomic mass is 9.96. The Morgan fingerprint density at radius 3 is 2.57 bits per heavy atom. The van der Waals surface area contributed by atoms with E-state index < -0.39 is 15.8 Å². The van der Waals surface area contributed by atoms with Gasteiger partial charge in [0.1, 0.15) is 10.7 Å². The standard InChI is InChI=1S/C20H21FN2O3S2/c21-15-8-6-14(7-9-15)13-23-17-10-11-27-20(17)19(24)18(28(23,25)26)12-22-16-4-2-1-3-5-16/h6-12,16,22H,1-5,13H2. The van der Waals surface area contributed by atoms with Crippen molar-refractivity contribution >= 4 is 32.8 Å². The SMILES string of the molecule is O=C1C(=CNC2CCCCC2)S(=O)(=O)N(Cc2ccc(F)cc2)c2ccsc21. The van der Waals surface area contributed by atoms with E-state index in [4.69, 9.17) is 0 Å². The van der Waals surface area contributed by atoms with Crippen LogP contribution < -0.4 is 9.62 Å². The number of hydrogen-bond acceptors (Lipinski definition) is 5. The van der Waals surface area contributed by atoms with Crippen LogP contribution >= 0.6 is 11.3 Å². The van der Waals surface area contributed by atoms with Gasteiger partial charge in [0.15, 0.2) is 4.91 Å². The number of halogens is 1. The summed E-state index contributed by atoms with van der Waals surface area (Å²) in [7, 11) is -4.01. The van der Waals surface area contributed by atoms with Gasteiger partial charge in [0.25, 0.3) is 10.0 Å². The molecule has 1 aliphatic carbocycles. The van der Waals surface area contributed by atoms with Crippen molar-refractivity contribution in [2.75, 3.05) is 4.31 Å². The number of sulfonamides is 1. The molecular weight excluding hydrogens is 399 g/mol. The number of thiophene rings is 1. The van der Waals surface area contributed by atoms with Crippen LogP contribution in [0.2, 0.25) is 0 Å². The summed E-state index contributed by atoms with van der Waals surface area (Å²) in [5, 5.41) is 4.87. The maximum atomic E-state index is 13.3. The van der Waals surface area contributed by atoms with Crippen molar-refractivity contribution in [3.8, 4) is 0 Å². The molecule has 1 N–H and O–H groups in total. The number of hydrogen-bond donors (Lipinski definition) is 1. The molecule has 2 aliphatic rings. The third-order valence-corrected chi connectivity index (χ3v) is 7.87. The minimum absolute atomic E-state index is 0.0421.